The van der Waals surface area contributed by atoms with E-state index in [1.165, 1.54) is 11.3 Å². The van der Waals surface area contributed by atoms with Crippen molar-refractivity contribution in [2.75, 3.05) is 32.7 Å². The van der Waals surface area contributed by atoms with Crippen molar-refractivity contribution in [1.82, 2.24) is 9.80 Å². The molecule has 2 heterocycles. The van der Waals surface area contributed by atoms with E-state index < -0.39 is 0 Å². The van der Waals surface area contributed by atoms with E-state index >= 15 is 0 Å². The average Bonchev–Trinajstić information content (AvgIpc) is 2.75. The maximum Gasteiger partial charge on any atom is 0.264 e. The second kappa shape index (κ2) is 5.29. The summed E-state index contributed by atoms with van der Waals surface area (Å²) in [6.45, 7) is 6.92. The van der Waals surface area contributed by atoms with Crippen LogP contribution in [0.2, 0.25) is 0 Å². The minimum absolute atomic E-state index is 0.173. The fourth-order valence-electron chi connectivity index (χ4n) is 1.85. The lowest BCUT2D eigenvalue weighted by molar-refractivity contribution is 0.0648. The molecule has 1 aromatic rings. The standard InChI is InChI=1S/C11H15BrN2OS/c1-2-13-3-5-14(6-4-13)11(15)10-7-9(12)8-16-10/h7-8H,2-6H2,1H3. The SMILES string of the molecule is CCN1CCN(C(=O)c2cc(Br)cs2)CC1. The molecule has 2 rings (SSSR count). The first kappa shape index (κ1) is 12.1. The minimum atomic E-state index is 0.173. The zero-order valence-electron chi connectivity index (χ0n) is 9.28. The van der Waals surface area contributed by atoms with E-state index in [0.29, 0.717) is 0 Å². The van der Waals surface area contributed by atoms with Gasteiger partial charge in [-0.15, -0.1) is 11.3 Å². The Morgan fingerprint density at radius 3 is 2.62 bits per heavy atom. The molecule has 1 saturated heterocycles. The van der Waals surface area contributed by atoms with Gasteiger partial charge in [-0.25, -0.2) is 0 Å². The Bertz CT molecular complexity index is 372. The Morgan fingerprint density at radius 1 is 1.44 bits per heavy atom. The normalized spacial score (nSPS) is 17.8. The molecular weight excluding hydrogens is 288 g/mol. The van der Waals surface area contributed by atoms with Crippen LogP contribution in [-0.4, -0.2) is 48.4 Å². The van der Waals surface area contributed by atoms with Gasteiger partial charge in [0, 0.05) is 36.0 Å². The lowest BCUT2D eigenvalue weighted by Crippen LogP contribution is -2.48. The first-order valence-corrected chi connectivity index (χ1v) is 7.13. The monoisotopic (exact) mass is 302 g/mol. The second-order valence-electron chi connectivity index (χ2n) is 3.86. The van der Waals surface area contributed by atoms with E-state index in [9.17, 15) is 4.79 Å². The quantitative estimate of drug-likeness (QED) is 0.837. The van der Waals surface area contributed by atoms with Gasteiger partial charge in [0.1, 0.15) is 0 Å². The molecule has 1 fully saturated rings. The van der Waals surface area contributed by atoms with Gasteiger partial charge in [0.2, 0.25) is 0 Å². The predicted molar refractivity (Wildman–Crippen MR) is 70.0 cm³/mol. The number of halogens is 1. The molecule has 0 radical (unpaired) electrons. The van der Waals surface area contributed by atoms with E-state index in [4.69, 9.17) is 0 Å². The first-order chi connectivity index (χ1) is 7.70. The summed E-state index contributed by atoms with van der Waals surface area (Å²) in [7, 11) is 0. The number of piperazine rings is 1. The molecular formula is C11H15BrN2OS. The van der Waals surface area contributed by atoms with Gasteiger partial charge in [-0.05, 0) is 28.5 Å². The molecule has 0 aromatic carbocycles. The third-order valence-electron chi connectivity index (χ3n) is 2.88. The van der Waals surface area contributed by atoms with Crippen molar-refractivity contribution in [2.24, 2.45) is 0 Å². The largest absolute Gasteiger partial charge is 0.335 e. The summed E-state index contributed by atoms with van der Waals surface area (Å²) < 4.78 is 0.994. The number of hydrogen-bond acceptors (Lipinski definition) is 3. The highest BCUT2D eigenvalue weighted by Crippen LogP contribution is 2.21. The lowest BCUT2D eigenvalue weighted by atomic mass is 10.3. The molecule has 1 amide bonds. The zero-order chi connectivity index (χ0) is 11.5. The second-order valence-corrected chi connectivity index (χ2v) is 5.68. The molecule has 1 aliphatic heterocycles. The van der Waals surface area contributed by atoms with E-state index in [1.54, 1.807) is 0 Å². The summed E-state index contributed by atoms with van der Waals surface area (Å²) >= 11 is 4.88. The number of thiophene rings is 1. The number of amides is 1. The van der Waals surface area contributed by atoms with Crippen LogP contribution in [0.1, 0.15) is 16.6 Å². The highest BCUT2D eigenvalue weighted by Gasteiger charge is 2.22. The van der Waals surface area contributed by atoms with Gasteiger partial charge in [-0.3, -0.25) is 4.79 Å². The Morgan fingerprint density at radius 2 is 2.12 bits per heavy atom. The summed E-state index contributed by atoms with van der Waals surface area (Å²) in [6, 6.07) is 1.90. The van der Waals surface area contributed by atoms with Crippen LogP contribution in [-0.2, 0) is 0 Å². The summed E-state index contributed by atoms with van der Waals surface area (Å²) in [5.74, 6) is 0.173. The third-order valence-corrected chi connectivity index (χ3v) is 4.56. The molecule has 3 nitrogen and oxygen atoms in total. The predicted octanol–water partition coefficient (Wildman–Crippen LogP) is 2.29. The van der Waals surface area contributed by atoms with Gasteiger partial charge >= 0.3 is 0 Å². The summed E-state index contributed by atoms with van der Waals surface area (Å²) in [5, 5.41) is 1.95. The molecule has 1 aromatic heterocycles. The molecule has 0 saturated carbocycles. The van der Waals surface area contributed by atoms with Crippen LogP contribution in [0.5, 0.6) is 0 Å². The van der Waals surface area contributed by atoms with Crippen LogP contribution in [0.3, 0.4) is 0 Å². The van der Waals surface area contributed by atoms with Gasteiger partial charge < -0.3 is 9.80 Å². The number of carbonyl (C=O) groups is 1. The van der Waals surface area contributed by atoms with Crippen molar-refractivity contribution in [3.63, 3.8) is 0 Å². The zero-order valence-corrected chi connectivity index (χ0v) is 11.7. The van der Waals surface area contributed by atoms with E-state index in [-0.39, 0.29) is 5.91 Å². The van der Waals surface area contributed by atoms with Crippen LogP contribution in [0.4, 0.5) is 0 Å². The molecule has 0 spiro atoms. The number of nitrogens with zero attached hydrogens (tertiary/aromatic N) is 2. The minimum Gasteiger partial charge on any atom is -0.335 e. The average molecular weight is 303 g/mol. The molecule has 0 N–H and O–H groups in total. The highest BCUT2D eigenvalue weighted by molar-refractivity contribution is 9.10. The number of carbonyl (C=O) groups excluding carboxylic acids is 1. The molecule has 0 aliphatic carbocycles. The Balaban J connectivity index is 1.96. The van der Waals surface area contributed by atoms with Crippen molar-refractivity contribution in [2.45, 2.75) is 6.92 Å². The summed E-state index contributed by atoms with van der Waals surface area (Å²) in [4.78, 5) is 17.3. The summed E-state index contributed by atoms with van der Waals surface area (Å²) in [6.07, 6.45) is 0. The number of likely N-dealkylation sites (N-methyl/N-ethyl adjacent to an activating group) is 1. The topological polar surface area (TPSA) is 23.6 Å². The van der Waals surface area contributed by atoms with Crippen molar-refractivity contribution in [3.05, 3.63) is 20.8 Å². The molecule has 16 heavy (non-hydrogen) atoms. The van der Waals surface area contributed by atoms with Crippen LogP contribution >= 0.6 is 27.3 Å². The molecule has 0 bridgehead atoms. The van der Waals surface area contributed by atoms with Crippen LogP contribution in [0, 0.1) is 0 Å². The van der Waals surface area contributed by atoms with E-state index in [0.717, 1.165) is 42.1 Å². The number of rotatable bonds is 2. The number of hydrogen-bond donors (Lipinski definition) is 0. The maximum absolute atomic E-state index is 12.1. The van der Waals surface area contributed by atoms with E-state index in [2.05, 4.69) is 27.8 Å². The van der Waals surface area contributed by atoms with Gasteiger partial charge in [0.25, 0.3) is 5.91 Å². The van der Waals surface area contributed by atoms with Crippen molar-refractivity contribution in [3.8, 4) is 0 Å². The van der Waals surface area contributed by atoms with Crippen molar-refractivity contribution in [1.29, 1.82) is 0 Å². The molecule has 88 valence electrons. The Labute approximate surface area is 108 Å². The molecule has 5 heteroatoms. The fourth-order valence-corrected chi connectivity index (χ4v) is 3.24. The van der Waals surface area contributed by atoms with Gasteiger partial charge in [-0.1, -0.05) is 6.92 Å². The molecule has 1 aliphatic rings. The highest BCUT2D eigenvalue weighted by atomic mass is 79.9. The third kappa shape index (κ3) is 2.64. The van der Waals surface area contributed by atoms with Crippen molar-refractivity contribution >= 4 is 33.2 Å². The fraction of sp³-hybridized carbons (Fsp3) is 0.545. The molecule has 0 unspecified atom stereocenters. The lowest BCUT2D eigenvalue weighted by Gasteiger charge is -2.33. The first-order valence-electron chi connectivity index (χ1n) is 5.46. The van der Waals surface area contributed by atoms with Crippen LogP contribution < -0.4 is 0 Å². The maximum atomic E-state index is 12.1. The Hall–Kier alpha value is -0.390. The van der Waals surface area contributed by atoms with Gasteiger partial charge in [0.15, 0.2) is 0 Å². The van der Waals surface area contributed by atoms with Crippen molar-refractivity contribution < 1.29 is 4.79 Å². The van der Waals surface area contributed by atoms with Gasteiger partial charge in [0.05, 0.1) is 4.88 Å². The molecule has 0 atom stereocenters. The van der Waals surface area contributed by atoms with Gasteiger partial charge in [-0.2, -0.15) is 0 Å². The van der Waals surface area contributed by atoms with E-state index in [1.807, 2.05) is 16.3 Å². The van der Waals surface area contributed by atoms with Crippen LogP contribution in [0.25, 0.3) is 0 Å². The van der Waals surface area contributed by atoms with Crippen LogP contribution in [0.15, 0.2) is 15.9 Å². The smallest absolute Gasteiger partial charge is 0.264 e. The summed E-state index contributed by atoms with van der Waals surface area (Å²) in [5.41, 5.74) is 0. The Kier molecular flexibility index (Phi) is 4.00.